The van der Waals surface area contributed by atoms with Crippen molar-refractivity contribution in [1.82, 2.24) is 9.97 Å². The number of fused-ring (bicyclic) bond motifs is 5. The molecule has 0 N–H and O–H groups in total. The van der Waals surface area contributed by atoms with Crippen LogP contribution in [0.3, 0.4) is 0 Å². The van der Waals surface area contributed by atoms with Crippen molar-refractivity contribution in [2.75, 3.05) is 0 Å². The van der Waals surface area contributed by atoms with Crippen LogP contribution in [0.2, 0.25) is 0 Å². The molecule has 2 aromatic carbocycles. The summed E-state index contributed by atoms with van der Waals surface area (Å²) in [4.78, 5) is 33.3. The summed E-state index contributed by atoms with van der Waals surface area (Å²) in [6.45, 7) is 0. The Bertz CT molecular complexity index is 1190. The molecule has 0 spiro atoms. The van der Waals surface area contributed by atoms with E-state index in [1.165, 1.54) is 0 Å². The summed E-state index contributed by atoms with van der Waals surface area (Å²) in [5, 5.41) is 2.86. The molecule has 1 aliphatic carbocycles. The number of carbonyl (C=O) groups is 2. The van der Waals surface area contributed by atoms with E-state index in [2.05, 4.69) is 11.1 Å². The predicted molar refractivity (Wildman–Crippen MR) is 92.2 cm³/mol. The molecule has 114 valence electrons. The van der Waals surface area contributed by atoms with E-state index in [1.807, 2.05) is 42.5 Å². The highest BCUT2D eigenvalue weighted by molar-refractivity contribution is 6.45. The molecule has 0 fully saturated rings. The van der Waals surface area contributed by atoms with Gasteiger partial charge in [-0.15, -0.1) is 0 Å². The molecule has 0 bridgehead atoms. The second-order valence-corrected chi connectivity index (χ2v) is 6.11. The second kappa shape index (κ2) is 4.68. The molecule has 0 radical (unpaired) electrons. The summed E-state index contributed by atoms with van der Waals surface area (Å²) in [5.41, 5.74) is 3.79. The normalized spacial score (nSPS) is 14.5. The van der Waals surface area contributed by atoms with Crippen LogP contribution in [0.15, 0.2) is 48.5 Å². The van der Waals surface area contributed by atoms with Crippen LogP contribution in [-0.4, -0.2) is 21.5 Å². The van der Waals surface area contributed by atoms with Crippen molar-refractivity contribution >= 4 is 44.3 Å². The highest BCUT2D eigenvalue weighted by Gasteiger charge is 2.26. The first kappa shape index (κ1) is 13.3. The van der Waals surface area contributed by atoms with E-state index < -0.39 is 5.78 Å². The van der Waals surface area contributed by atoms with E-state index in [-0.39, 0.29) is 12.2 Å². The van der Waals surface area contributed by atoms with Crippen molar-refractivity contribution in [3.63, 3.8) is 0 Å². The van der Waals surface area contributed by atoms with Gasteiger partial charge in [0, 0.05) is 28.1 Å². The van der Waals surface area contributed by atoms with Crippen LogP contribution in [0.5, 0.6) is 0 Å². The maximum absolute atomic E-state index is 12.2. The monoisotopic (exact) mass is 312 g/mol. The lowest BCUT2D eigenvalue weighted by atomic mass is 9.92. The van der Waals surface area contributed by atoms with Crippen molar-refractivity contribution in [1.29, 1.82) is 0 Å². The number of hydrogen-bond donors (Lipinski definition) is 0. The number of benzene rings is 2. The molecule has 0 amide bonds. The van der Waals surface area contributed by atoms with Gasteiger partial charge in [-0.05, 0) is 36.8 Å². The van der Waals surface area contributed by atoms with E-state index in [0.29, 0.717) is 12.0 Å². The van der Waals surface area contributed by atoms with Crippen LogP contribution in [0.25, 0.3) is 32.7 Å². The van der Waals surface area contributed by atoms with Crippen molar-refractivity contribution in [2.45, 2.75) is 12.8 Å². The molecule has 0 atom stereocenters. The first-order valence-electron chi connectivity index (χ1n) is 7.90. The molecule has 0 unspecified atom stereocenters. The Kier molecular flexibility index (Phi) is 2.59. The number of carbonyl (C=O) groups excluding carboxylic acids is 2. The third-order valence-electron chi connectivity index (χ3n) is 4.66. The number of rotatable bonds is 0. The van der Waals surface area contributed by atoms with Gasteiger partial charge in [0.05, 0.1) is 22.2 Å². The Hall–Kier alpha value is -3.14. The van der Waals surface area contributed by atoms with Gasteiger partial charge in [-0.25, -0.2) is 4.98 Å². The molecule has 5 rings (SSSR count). The highest BCUT2D eigenvalue weighted by Crippen LogP contribution is 2.29. The van der Waals surface area contributed by atoms with Crippen LogP contribution in [0.4, 0.5) is 0 Å². The fraction of sp³-hybridized carbons (Fsp3) is 0.100. The van der Waals surface area contributed by atoms with Gasteiger partial charge >= 0.3 is 0 Å². The number of ketones is 2. The first-order chi connectivity index (χ1) is 11.7. The zero-order valence-corrected chi connectivity index (χ0v) is 12.7. The van der Waals surface area contributed by atoms with Gasteiger partial charge in [0.25, 0.3) is 0 Å². The zero-order chi connectivity index (χ0) is 16.3. The Morgan fingerprint density at radius 2 is 1.50 bits per heavy atom. The van der Waals surface area contributed by atoms with Gasteiger partial charge in [0.2, 0.25) is 11.6 Å². The number of pyridine rings is 2. The summed E-state index contributed by atoms with van der Waals surface area (Å²) < 4.78 is 0. The summed E-state index contributed by atoms with van der Waals surface area (Å²) in [6, 6.07) is 15.7. The smallest absolute Gasteiger partial charge is 0.230 e. The van der Waals surface area contributed by atoms with Crippen molar-refractivity contribution < 1.29 is 9.59 Å². The Morgan fingerprint density at radius 1 is 0.750 bits per heavy atom. The Balaban J connectivity index is 1.91. The third-order valence-corrected chi connectivity index (χ3v) is 4.66. The summed E-state index contributed by atoms with van der Waals surface area (Å²) in [6.07, 6.45) is 0.786. The molecular weight excluding hydrogens is 300 g/mol. The Morgan fingerprint density at radius 3 is 2.38 bits per heavy atom. The second-order valence-electron chi connectivity index (χ2n) is 6.11. The van der Waals surface area contributed by atoms with Crippen LogP contribution in [0.1, 0.15) is 22.5 Å². The molecule has 4 nitrogen and oxygen atoms in total. The standard InChI is InChI=1S/C20H12N2O2/c23-19-8-7-18-14(20(19)24)10-13-12-9-11-3-1-2-4-15(11)21-16(12)5-6-17(13)22-18/h1-6,9-10H,7-8H2. The van der Waals surface area contributed by atoms with E-state index in [0.717, 1.165) is 38.4 Å². The molecule has 2 aromatic heterocycles. The molecule has 4 heteroatoms. The minimum atomic E-state index is -0.420. The van der Waals surface area contributed by atoms with Crippen LogP contribution in [-0.2, 0) is 11.2 Å². The van der Waals surface area contributed by atoms with E-state index >= 15 is 0 Å². The molecule has 1 aliphatic rings. The number of hydrogen-bond acceptors (Lipinski definition) is 4. The van der Waals surface area contributed by atoms with Gasteiger partial charge in [-0.3, -0.25) is 14.6 Å². The number of para-hydroxylation sites is 1. The third kappa shape index (κ3) is 1.80. The van der Waals surface area contributed by atoms with Gasteiger partial charge < -0.3 is 0 Å². The topological polar surface area (TPSA) is 59.9 Å². The number of aryl methyl sites for hydroxylation is 1. The average Bonchev–Trinajstić information content (AvgIpc) is 2.62. The van der Waals surface area contributed by atoms with Crippen LogP contribution < -0.4 is 0 Å². The van der Waals surface area contributed by atoms with Crippen molar-refractivity contribution in [3.05, 3.63) is 59.8 Å². The Labute approximate surface area is 137 Å². The minimum absolute atomic E-state index is 0.254. The van der Waals surface area contributed by atoms with E-state index in [4.69, 9.17) is 4.98 Å². The predicted octanol–water partition coefficient (Wildman–Crippen LogP) is 3.63. The fourth-order valence-corrected chi connectivity index (χ4v) is 3.42. The highest BCUT2D eigenvalue weighted by atomic mass is 16.2. The largest absolute Gasteiger partial charge is 0.290 e. The number of Topliss-reactive ketones (excluding diaryl/α,β-unsaturated/α-hetero) is 2. The minimum Gasteiger partial charge on any atom is -0.290 e. The SMILES string of the molecule is O=C1CCc2nc3ccc4nc5ccccc5cc4c3cc2C1=O. The molecule has 4 aromatic rings. The summed E-state index contributed by atoms with van der Waals surface area (Å²) >= 11 is 0. The number of aromatic nitrogens is 2. The van der Waals surface area contributed by atoms with Crippen molar-refractivity contribution in [3.8, 4) is 0 Å². The lowest BCUT2D eigenvalue weighted by molar-refractivity contribution is -0.115. The van der Waals surface area contributed by atoms with E-state index in [1.54, 1.807) is 0 Å². The lowest BCUT2D eigenvalue weighted by Crippen LogP contribution is -2.23. The maximum Gasteiger partial charge on any atom is 0.230 e. The zero-order valence-electron chi connectivity index (χ0n) is 12.7. The van der Waals surface area contributed by atoms with Gasteiger partial charge in [-0.1, -0.05) is 18.2 Å². The first-order valence-corrected chi connectivity index (χ1v) is 7.90. The number of nitrogens with zero attached hydrogens (tertiary/aromatic N) is 2. The fourth-order valence-electron chi connectivity index (χ4n) is 3.42. The quantitative estimate of drug-likeness (QED) is 0.282. The molecule has 0 saturated heterocycles. The lowest BCUT2D eigenvalue weighted by Gasteiger charge is -2.14. The molecular formula is C20H12N2O2. The van der Waals surface area contributed by atoms with Gasteiger partial charge in [0.15, 0.2) is 0 Å². The van der Waals surface area contributed by atoms with Gasteiger partial charge in [-0.2, -0.15) is 0 Å². The summed E-state index contributed by atoms with van der Waals surface area (Å²) in [5.74, 6) is -0.746. The maximum atomic E-state index is 12.2. The molecule has 2 heterocycles. The summed E-state index contributed by atoms with van der Waals surface area (Å²) in [7, 11) is 0. The van der Waals surface area contributed by atoms with Crippen LogP contribution in [0, 0.1) is 0 Å². The van der Waals surface area contributed by atoms with Crippen molar-refractivity contribution in [2.24, 2.45) is 0 Å². The average molecular weight is 312 g/mol. The molecule has 0 aliphatic heterocycles. The van der Waals surface area contributed by atoms with E-state index in [9.17, 15) is 9.59 Å². The van der Waals surface area contributed by atoms with Gasteiger partial charge in [0.1, 0.15) is 0 Å². The molecule has 0 saturated carbocycles. The molecule has 24 heavy (non-hydrogen) atoms. The van der Waals surface area contributed by atoms with Crippen LogP contribution >= 0.6 is 0 Å².